The number of hydrogen-bond acceptors (Lipinski definition) is 6. The Labute approximate surface area is 148 Å². The number of ether oxygens (including phenoxy) is 1. The van der Waals surface area contributed by atoms with Gasteiger partial charge in [0.25, 0.3) is 0 Å². The van der Waals surface area contributed by atoms with Gasteiger partial charge in [-0.2, -0.15) is 0 Å². The smallest absolute Gasteiger partial charge is 0.343 e. The Hall–Kier alpha value is -2.52. The second-order valence-corrected chi connectivity index (χ2v) is 8.10. The van der Waals surface area contributed by atoms with Gasteiger partial charge in [-0.1, -0.05) is 0 Å². The molecule has 9 heteroatoms. The van der Waals surface area contributed by atoms with E-state index in [2.05, 4.69) is 10.0 Å². The van der Waals surface area contributed by atoms with Crippen LogP contribution in [0, 0.1) is 0 Å². The lowest BCUT2D eigenvalue weighted by atomic mass is 10.2. The van der Waals surface area contributed by atoms with Crippen LogP contribution in [-0.2, 0) is 14.8 Å². The minimum absolute atomic E-state index is 0.114. The van der Waals surface area contributed by atoms with Crippen LogP contribution in [0.5, 0.6) is 5.75 Å². The van der Waals surface area contributed by atoms with E-state index in [1.165, 1.54) is 36.0 Å². The lowest BCUT2D eigenvalue weighted by Crippen LogP contribution is -2.19. The zero-order valence-corrected chi connectivity index (χ0v) is 14.7. The monoisotopic (exact) mass is 378 g/mol. The van der Waals surface area contributed by atoms with Crippen molar-refractivity contribution in [1.29, 1.82) is 0 Å². The summed E-state index contributed by atoms with van der Waals surface area (Å²) in [5.74, 6) is -0.0569. The number of carbonyl (C=O) groups is 2. The first-order chi connectivity index (χ1) is 11.8. The van der Waals surface area contributed by atoms with Crippen molar-refractivity contribution in [2.24, 2.45) is 0 Å². The van der Waals surface area contributed by atoms with Gasteiger partial charge in [0.1, 0.15) is 5.75 Å². The van der Waals surface area contributed by atoms with Crippen LogP contribution in [0.3, 0.4) is 0 Å². The van der Waals surface area contributed by atoms with Crippen molar-refractivity contribution in [3.63, 3.8) is 0 Å². The molecule has 0 fully saturated rings. The average Bonchev–Trinajstić information content (AvgIpc) is 2.54. The number of anilines is 2. The molecule has 7 nitrogen and oxygen atoms in total. The van der Waals surface area contributed by atoms with Gasteiger partial charge < -0.3 is 10.1 Å². The Morgan fingerprint density at radius 1 is 1.20 bits per heavy atom. The van der Waals surface area contributed by atoms with Gasteiger partial charge in [0.15, 0.2) is 0 Å². The topological polar surface area (TPSA) is 102 Å². The summed E-state index contributed by atoms with van der Waals surface area (Å²) in [5.41, 5.74) is 1.26. The van der Waals surface area contributed by atoms with E-state index < -0.39 is 16.0 Å². The molecular formula is C16H14N2O5S2. The van der Waals surface area contributed by atoms with E-state index in [1.807, 2.05) is 0 Å². The number of sulfonamides is 1. The molecule has 0 unspecified atom stereocenters. The molecule has 1 amide bonds. The van der Waals surface area contributed by atoms with Crippen LogP contribution in [0.15, 0.2) is 47.4 Å². The molecule has 0 spiro atoms. The van der Waals surface area contributed by atoms with E-state index in [1.54, 1.807) is 18.2 Å². The Morgan fingerprint density at radius 2 is 1.92 bits per heavy atom. The van der Waals surface area contributed by atoms with Crippen molar-refractivity contribution in [3.05, 3.63) is 48.0 Å². The summed E-state index contributed by atoms with van der Waals surface area (Å²) in [4.78, 5) is 24.6. The zero-order valence-electron chi connectivity index (χ0n) is 13.1. The summed E-state index contributed by atoms with van der Waals surface area (Å²) in [6, 6.07) is 10.9. The summed E-state index contributed by atoms with van der Waals surface area (Å²) in [5, 5.41) is 2.72. The molecule has 25 heavy (non-hydrogen) atoms. The predicted octanol–water partition coefficient (Wildman–Crippen LogP) is 2.32. The Bertz CT molecular complexity index is 939. The number of amides is 1. The fourth-order valence-corrected chi connectivity index (χ4v) is 3.53. The Kier molecular flexibility index (Phi) is 4.69. The fourth-order valence-electron chi connectivity index (χ4n) is 2.18. The number of carbonyl (C=O) groups excluding carboxylic acids is 2. The maximum Gasteiger partial charge on any atom is 0.343 e. The van der Waals surface area contributed by atoms with E-state index >= 15 is 0 Å². The molecule has 130 valence electrons. The molecule has 1 heterocycles. The first kappa shape index (κ1) is 17.3. The molecule has 0 radical (unpaired) electrons. The Balaban J connectivity index is 1.72. The molecule has 1 aliphatic heterocycles. The first-order valence-electron chi connectivity index (χ1n) is 7.17. The zero-order chi connectivity index (χ0) is 18.0. The number of hydrogen-bond donors (Lipinski definition) is 2. The summed E-state index contributed by atoms with van der Waals surface area (Å²) >= 11 is 1.41. The van der Waals surface area contributed by atoms with E-state index in [4.69, 9.17) is 4.74 Å². The minimum Gasteiger partial charge on any atom is -0.423 e. The number of esters is 1. The van der Waals surface area contributed by atoms with Gasteiger partial charge in [0, 0.05) is 10.6 Å². The molecule has 0 aliphatic carbocycles. The summed E-state index contributed by atoms with van der Waals surface area (Å²) in [6.07, 6.45) is 1.05. The third kappa shape index (κ3) is 4.52. The van der Waals surface area contributed by atoms with Crippen LogP contribution in [0.2, 0.25) is 0 Å². The quantitative estimate of drug-likeness (QED) is 0.625. The molecule has 3 rings (SSSR count). The maximum atomic E-state index is 12.2. The second kappa shape index (κ2) is 6.77. The van der Waals surface area contributed by atoms with E-state index in [-0.39, 0.29) is 11.7 Å². The molecule has 0 saturated carbocycles. The Morgan fingerprint density at radius 3 is 2.60 bits per heavy atom. The SMILES string of the molecule is CS(=O)(=O)Nc1ccc(OC(=O)c2ccc3c(c2)NC(=O)CS3)cc1. The normalized spacial score (nSPS) is 13.6. The largest absolute Gasteiger partial charge is 0.423 e. The fraction of sp³-hybridized carbons (Fsp3) is 0.125. The van der Waals surface area contributed by atoms with Crippen LogP contribution >= 0.6 is 11.8 Å². The van der Waals surface area contributed by atoms with Crippen LogP contribution in [0.25, 0.3) is 0 Å². The summed E-state index contributed by atoms with van der Waals surface area (Å²) < 4.78 is 29.9. The highest BCUT2D eigenvalue weighted by atomic mass is 32.2. The number of fused-ring (bicyclic) bond motifs is 1. The lowest BCUT2D eigenvalue weighted by molar-refractivity contribution is -0.113. The molecule has 0 bridgehead atoms. The van der Waals surface area contributed by atoms with Crippen LogP contribution in [0.4, 0.5) is 11.4 Å². The van der Waals surface area contributed by atoms with Crippen molar-refractivity contribution >= 4 is 45.0 Å². The van der Waals surface area contributed by atoms with E-state index in [0.29, 0.717) is 22.7 Å². The highest BCUT2D eigenvalue weighted by Crippen LogP contribution is 2.32. The minimum atomic E-state index is -3.36. The third-order valence-corrected chi connectivity index (χ3v) is 4.90. The number of benzene rings is 2. The van der Waals surface area contributed by atoms with Crippen molar-refractivity contribution in [3.8, 4) is 5.75 Å². The molecule has 0 aromatic heterocycles. The highest BCUT2D eigenvalue weighted by Gasteiger charge is 2.18. The molecule has 1 aliphatic rings. The van der Waals surface area contributed by atoms with Gasteiger partial charge in [-0.15, -0.1) is 11.8 Å². The number of rotatable bonds is 4. The molecule has 2 aromatic rings. The van der Waals surface area contributed by atoms with Crippen LogP contribution in [0.1, 0.15) is 10.4 Å². The van der Waals surface area contributed by atoms with Crippen LogP contribution in [-0.4, -0.2) is 32.3 Å². The number of nitrogens with one attached hydrogen (secondary N) is 2. The van der Waals surface area contributed by atoms with E-state index in [9.17, 15) is 18.0 Å². The van der Waals surface area contributed by atoms with Gasteiger partial charge in [0.2, 0.25) is 15.9 Å². The van der Waals surface area contributed by atoms with E-state index in [0.717, 1.165) is 11.2 Å². The molecule has 2 N–H and O–H groups in total. The average molecular weight is 378 g/mol. The van der Waals surface area contributed by atoms with Gasteiger partial charge in [0.05, 0.1) is 23.3 Å². The molecular weight excluding hydrogens is 364 g/mol. The van der Waals surface area contributed by atoms with Crippen molar-refractivity contribution in [2.75, 3.05) is 22.0 Å². The molecule has 2 aromatic carbocycles. The highest BCUT2D eigenvalue weighted by molar-refractivity contribution is 8.00. The van der Waals surface area contributed by atoms with Crippen molar-refractivity contribution < 1.29 is 22.7 Å². The maximum absolute atomic E-state index is 12.2. The van der Waals surface area contributed by atoms with Crippen LogP contribution < -0.4 is 14.8 Å². The third-order valence-electron chi connectivity index (χ3n) is 3.22. The molecule has 0 atom stereocenters. The van der Waals surface area contributed by atoms with Gasteiger partial charge in [-0.3, -0.25) is 9.52 Å². The number of thioether (sulfide) groups is 1. The lowest BCUT2D eigenvalue weighted by Gasteiger charge is -2.16. The molecule has 0 saturated heterocycles. The van der Waals surface area contributed by atoms with Crippen molar-refractivity contribution in [1.82, 2.24) is 0 Å². The van der Waals surface area contributed by atoms with Gasteiger partial charge >= 0.3 is 5.97 Å². The summed E-state index contributed by atoms with van der Waals surface area (Å²) in [7, 11) is -3.36. The predicted molar refractivity (Wildman–Crippen MR) is 95.7 cm³/mol. The second-order valence-electron chi connectivity index (χ2n) is 5.34. The standard InChI is InChI=1S/C16H14N2O5S2/c1-25(21,22)18-11-3-5-12(6-4-11)23-16(20)10-2-7-14-13(8-10)17-15(19)9-24-14/h2-8,18H,9H2,1H3,(H,17,19). The van der Waals surface area contributed by atoms with Gasteiger partial charge in [-0.25, -0.2) is 13.2 Å². The van der Waals surface area contributed by atoms with Gasteiger partial charge in [-0.05, 0) is 42.5 Å². The van der Waals surface area contributed by atoms with Crippen molar-refractivity contribution in [2.45, 2.75) is 4.90 Å². The first-order valence-corrected chi connectivity index (χ1v) is 10.0. The summed E-state index contributed by atoms with van der Waals surface area (Å²) in [6.45, 7) is 0.